The molecular weight excluding hydrogens is 297 g/mol. The SMILES string of the molecule is Fc1cc(C(Cl)c2cccc3ccccc23)cc(F)c1F. The van der Waals surface area contributed by atoms with Crippen LogP contribution >= 0.6 is 11.6 Å². The summed E-state index contributed by atoms with van der Waals surface area (Å²) in [6.45, 7) is 0. The summed E-state index contributed by atoms with van der Waals surface area (Å²) in [7, 11) is 0. The first-order valence-electron chi connectivity index (χ1n) is 6.34. The first kappa shape index (κ1) is 14.0. The Hall–Kier alpha value is -2.00. The highest BCUT2D eigenvalue weighted by Gasteiger charge is 2.18. The van der Waals surface area contributed by atoms with Crippen molar-refractivity contribution in [2.45, 2.75) is 5.38 Å². The lowest BCUT2D eigenvalue weighted by atomic mass is 9.98. The molecule has 4 heteroatoms. The van der Waals surface area contributed by atoms with Gasteiger partial charge in [0.25, 0.3) is 0 Å². The van der Waals surface area contributed by atoms with E-state index in [0.29, 0.717) is 0 Å². The molecule has 1 unspecified atom stereocenters. The smallest absolute Gasteiger partial charge is 0.194 e. The zero-order valence-electron chi connectivity index (χ0n) is 10.8. The fourth-order valence-electron chi connectivity index (χ4n) is 2.37. The van der Waals surface area contributed by atoms with Crippen molar-refractivity contribution >= 4 is 22.4 Å². The van der Waals surface area contributed by atoms with Crippen molar-refractivity contribution in [3.05, 3.63) is 83.2 Å². The number of hydrogen-bond acceptors (Lipinski definition) is 0. The minimum absolute atomic E-state index is 0.185. The van der Waals surface area contributed by atoms with Crippen LogP contribution < -0.4 is 0 Å². The van der Waals surface area contributed by atoms with E-state index < -0.39 is 22.8 Å². The van der Waals surface area contributed by atoms with Gasteiger partial charge in [0.1, 0.15) is 0 Å². The van der Waals surface area contributed by atoms with E-state index in [0.717, 1.165) is 28.5 Å². The Morgan fingerprint density at radius 2 is 1.43 bits per heavy atom. The predicted molar refractivity (Wildman–Crippen MR) is 78.0 cm³/mol. The summed E-state index contributed by atoms with van der Waals surface area (Å²) < 4.78 is 39.7. The molecule has 0 aliphatic rings. The molecule has 0 bridgehead atoms. The van der Waals surface area contributed by atoms with Gasteiger partial charge in [0.2, 0.25) is 0 Å². The Kier molecular flexibility index (Phi) is 3.60. The number of hydrogen-bond donors (Lipinski definition) is 0. The quantitative estimate of drug-likeness (QED) is 0.428. The van der Waals surface area contributed by atoms with Gasteiger partial charge in [-0.05, 0) is 34.0 Å². The Balaban J connectivity index is 2.15. The molecule has 3 aromatic carbocycles. The fourth-order valence-corrected chi connectivity index (χ4v) is 2.69. The van der Waals surface area contributed by atoms with Gasteiger partial charge in [0, 0.05) is 0 Å². The molecule has 0 nitrogen and oxygen atoms in total. The average molecular weight is 307 g/mol. The molecule has 3 rings (SSSR count). The Morgan fingerprint density at radius 1 is 0.810 bits per heavy atom. The second kappa shape index (κ2) is 5.41. The van der Waals surface area contributed by atoms with Gasteiger partial charge in [-0.2, -0.15) is 0 Å². The fraction of sp³-hybridized carbons (Fsp3) is 0.0588. The molecule has 0 saturated carbocycles. The van der Waals surface area contributed by atoms with Crippen molar-refractivity contribution < 1.29 is 13.2 Å². The highest BCUT2D eigenvalue weighted by atomic mass is 35.5. The molecular formula is C17H10ClF3. The molecule has 1 atom stereocenters. The largest absolute Gasteiger partial charge is 0.204 e. The molecule has 3 aromatic rings. The number of halogens is 4. The molecule has 106 valence electrons. The van der Waals surface area contributed by atoms with Gasteiger partial charge in [0.05, 0.1) is 5.38 Å². The lowest BCUT2D eigenvalue weighted by Crippen LogP contribution is -1.99. The summed E-state index contributed by atoms with van der Waals surface area (Å²) in [4.78, 5) is 0. The maximum absolute atomic E-state index is 13.4. The van der Waals surface area contributed by atoms with Crippen molar-refractivity contribution in [3.8, 4) is 0 Å². The van der Waals surface area contributed by atoms with Crippen LogP contribution in [0.3, 0.4) is 0 Å². The second-order valence-corrected chi connectivity index (χ2v) is 5.17. The van der Waals surface area contributed by atoms with Gasteiger partial charge < -0.3 is 0 Å². The standard InChI is InChI=1S/C17H10ClF3/c18-16(11-8-14(19)17(21)15(20)9-11)13-7-3-5-10-4-1-2-6-12(10)13/h1-9,16H. The highest BCUT2D eigenvalue weighted by Crippen LogP contribution is 2.34. The van der Waals surface area contributed by atoms with E-state index in [2.05, 4.69) is 0 Å². The molecule has 0 aromatic heterocycles. The molecule has 0 aliphatic carbocycles. The van der Waals surface area contributed by atoms with Crippen LogP contribution in [0, 0.1) is 17.5 Å². The zero-order valence-corrected chi connectivity index (χ0v) is 11.5. The molecule has 0 radical (unpaired) electrons. The van der Waals surface area contributed by atoms with E-state index in [1.165, 1.54) is 0 Å². The van der Waals surface area contributed by atoms with Gasteiger partial charge >= 0.3 is 0 Å². The maximum atomic E-state index is 13.4. The van der Waals surface area contributed by atoms with E-state index >= 15 is 0 Å². The molecule has 0 N–H and O–H groups in total. The number of rotatable bonds is 2. The summed E-state index contributed by atoms with van der Waals surface area (Å²) in [5.74, 6) is -3.97. The first-order chi connectivity index (χ1) is 10.1. The maximum Gasteiger partial charge on any atom is 0.194 e. The molecule has 0 fully saturated rings. The van der Waals surface area contributed by atoms with Crippen molar-refractivity contribution in [2.24, 2.45) is 0 Å². The van der Waals surface area contributed by atoms with Crippen LogP contribution in [-0.2, 0) is 0 Å². The van der Waals surface area contributed by atoms with Crippen LogP contribution in [0.4, 0.5) is 13.2 Å². The third kappa shape index (κ3) is 2.49. The highest BCUT2D eigenvalue weighted by molar-refractivity contribution is 6.23. The molecule has 0 aliphatic heterocycles. The zero-order chi connectivity index (χ0) is 15.0. The van der Waals surface area contributed by atoms with Gasteiger partial charge in [0.15, 0.2) is 17.5 Å². The second-order valence-electron chi connectivity index (χ2n) is 4.73. The van der Waals surface area contributed by atoms with Crippen molar-refractivity contribution in [2.75, 3.05) is 0 Å². The van der Waals surface area contributed by atoms with E-state index in [1.54, 1.807) is 6.07 Å². The van der Waals surface area contributed by atoms with Crippen LogP contribution in [0.2, 0.25) is 0 Å². The third-order valence-electron chi connectivity index (χ3n) is 3.40. The van der Waals surface area contributed by atoms with Crippen LogP contribution in [0.5, 0.6) is 0 Å². The summed E-state index contributed by atoms with van der Waals surface area (Å²) in [5.41, 5.74) is 0.907. The van der Waals surface area contributed by atoms with Gasteiger partial charge in [-0.3, -0.25) is 0 Å². The van der Waals surface area contributed by atoms with Gasteiger partial charge in [-0.25, -0.2) is 13.2 Å². The summed E-state index contributed by atoms with van der Waals surface area (Å²) in [6, 6.07) is 15.0. The summed E-state index contributed by atoms with van der Waals surface area (Å²) in [6.07, 6.45) is 0. The molecule has 0 saturated heterocycles. The number of alkyl halides is 1. The van der Waals surface area contributed by atoms with Crippen LogP contribution in [0.1, 0.15) is 16.5 Å². The summed E-state index contributed by atoms with van der Waals surface area (Å²) >= 11 is 6.35. The molecule has 0 amide bonds. The van der Waals surface area contributed by atoms with Crippen LogP contribution in [-0.4, -0.2) is 0 Å². The minimum atomic E-state index is -1.49. The van der Waals surface area contributed by atoms with Crippen molar-refractivity contribution in [1.82, 2.24) is 0 Å². The number of benzene rings is 3. The molecule has 0 spiro atoms. The predicted octanol–water partition coefficient (Wildman–Crippen LogP) is 5.59. The topological polar surface area (TPSA) is 0 Å². The average Bonchev–Trinajstić information content (AvgIpc) is 2.51. The normalized spacial score (nSPS) is 12.6. The third-order valence-corrected chi connectivity index (χ3v) is 3.88. The number of fused-ring (bicyclic) bond motifs is 1. The lowest BCUT2D eigenvalue weighted by molar-refractivity contribution is 0.445. The first-order valence-corrected chi connectivity index (χ1v) is 6.78. The monoisotopic (exact) mass is 306 g/mol. The van der Waals surface area contributed by atoms with E-state index in [9.17, 15) is 13.2 Å². The lowest BCUT2D eigenvalue weighted by Gasteiger charge is -2.14. The Morgan fingerprint density at radius 3 is 2.14 bits per heavy atom. The van der Waals surface area contributed by atoms with Crippen LogP contribution in [0.25, 0.3) is 10.8 Å². The van der Waals surface area contributed by atoms with Gasteiger partial charge in [-0.1, -0.05) is 42.5 Å². The minimum Gasteiger partial charge on any atom is -0.204 e. The Labute approximate surface area is 124 Å². The van der Waals surface area contributed by atoms with Crippen molar-refractivity contribution in [3.63, 3.8) is 0 Å². The Bertz CT molecular complexity index is 786. The van der Waals surface area contributed by atoms with E-state index in [1.807, 2.05) is 36.4 Å². The van der Waals surface area contributed by atoms with E-state index in [4.69, 9.17) is 11.6 Å². The van der Waals surface area contributed by atoms with Crippen LogP contribution in [0.15, 0.2) is 54.6 Å². The van der Waals surface area contributed by atoms with Crippen molar-refractivity contribution in [1.29, 1.82) is 0 Å². The van der Waals surface area contributed by atoms with E-state index in [-0.39, 0.29) is 5.56 Å². The summed E-state index contributed by atoms with van der Waals surface area (Å²) in [5, 5.41) is 1.11. The molecule has 0 heterocycles. The van der Waals surface area contributed by atoms with Gasteiger partial charge in [-0.15, -0.1) is 11.6 Å². The molecule has 21 heavy (non-hydrogen) atoms.